The Morgan fingerprint density at radius 3 is 2.38 bits per heavy atom. The number of nitrogens with zero attached hydrogens (tertiary/aromatic N) is 1. The zero-order valence-electron chi connectivity index (χ0n) is 12.2. The second-order valence-electron chi connectivity index (χ2n) is 4.80. The largest absolute Gasteiger partial charge is 0.495 e. The van der Waals surface area contributed by atoms with Crippen molar-refractivity contribution in [1.29, 1.82) is 5.26 Å². The summed E-state index contributed by atoms with van der Waals surface area (Å²) in [7, 11) is 1.55. The van der Waals surface area contributed by atoms with Crippen LogP contribution in [-0.2, 0) is 6.61 Å². The fourth-order valence-corrected chi connectivity index (χ4v) is 2.53. The van der Waals surface area contributed by atoms with Gasteiger partial charge in [0.25, 0.3) is 0 Å². The average Bonchev–Trinajstić information content (AvgIpc) is 2.45. The summed E-state index contributed by atoms with van der Waals surface area (Å²) in [4.78, 5) is 0. The molecule has 0 unspecified atom stereocenters. The van der Waals surface area contributed by atoms with Gasteiger partial charge in [0.2, 0.25) is 0 Å². The lowest BCUT2D eigenvalue weighted by Crippen LogP contribution is -2.00. The Labute approximate surface area is 129 Å². The zero-order chi connectivity index (χ0) is 15.4. The molecule has 108 valence electrons. The minimum atomic E-state index is 0.408. The Bertz CT molecular complexity index is 681. The number of hydrogen-bond acceptors (Lipinski definition) is 3. The van der Waals surface area contributed by atoms with Gasteiger partial charge in [-0.1, -0.05) is 17.7 Å². The molecule has 0 aliphatic carbocycles. The monoisotopic (exact) mass is 301 g/mol. The average molecular weight is 302 g/mol. The molecule has 0 aromatic heterocycles. The third-order valence-corrected chi connectivity index (χ3v) is 3.41. The van der Waals surface area contributed by atoms with Crippen LogP contribution in [0.3, 0.4) is 0 Å². The number of halogens is 1. The lowest BCUT2D eigenvalue weighted by Gasteiger charge is -2.13. The van der Waals surface area contributed by atoms with Crippen molar-refractivity contribution in [2.45, 2.75) is 20.5 Å². The first-order valence-electron chi connectivity index (χ1n) is 6.51. The highest BCUT2D eigenvalue weighted by atomic mass is 35.5. The van der Waals surface area contributed by atoms with Gasteiger partial charge in [-0.15, -0.1) is 0 Å². The van der Waals surface area contributed by atoms with Crippen LogP contribution >= 0.6 is 11.6 Å². The molecule has 0 amide bonds. The molecule has 0 bridgehead atoms. The Morgan fingerprint density at radius 2 is 1.81 bits per heavy atom. The van der Waals surface area contributed by atoms with Gasteiger partial charge in [-0.2, -0.15) is 5.26 Å². The standard InChI is InChI=1S/C17H16ClNO2/c1-11-6-15(18)7-12(2)17(11)21-10-13-4-5-14(9-19)16(8-13)20-3/h4-8H,10H2,1-3H3. The van der Waals surface area contributed by atoms with E-state index < -0.39 is 0 Å². The molecule has 4 heteroatoms. The summed E-state index contributed by atoms with van der Waals surface area (Å²) in [5, 5.41) is 9.68. The van der Waals surface area contributed by atoms with Gasteiger partial charge in [0.1, 0.15) is 24.2 Å². The van der Waals surface area contributed by atoms with E-state index in [1.165, 1.54) is 0 Å². The van der Waals surface area contributed by atoms with Gasteiger partial charge in [0.05, 0.1) is 12.7 Å². The normalized spacial score (nSPS) is 10.0. The van der Waals surface area contributed by atoms with E-state index in [9.17, 15) is 0 Å². The second-order valence-corrected chi connectivity index (χ2v) is 5.24. The van der Waals surface area contributed by atoms with Crippen molar-refractivity contribution in [3.63, 3.8) is 0 Å². The minimum absolute atomic E-state index is 0.408. The van der Waals surface area contributed by atoms with Gasteiger partial charge in [-0.3, -0.25) is 0 Å². The van der Waals surface area contributed by atoms with E-state index in [-0.39, 0.29) is 0 Å². The molecule has 2 aromatic carbocycles. The van der Waals surface area contributed by atoms with E-state index >= 15 is 0 Å². The van der Waals surface area contributed by atoms with Gasteiger partial charge in [0.15, 0.2) is 0 Å². The Hall–Kier alpha value is -2.18. The van der Waals surface area contributed by atoms with Crippen molar-refractivity contribution in [2.24, 2.45) is 0 Å². The van der Waals surface area contributed by atoms with Crippen LogP contribution in [0.25, 0.3) is 0 Å². The van der Waals surface area contributed by atoms with Crippen molar-refractivity contribution in [2.75, 3.05) is 7.11 Å². The number of aryl methyl sites for hydroxylation is 2. The molecule has 0 saturated carbocycles. The highest BCUT2D eigenvalue weighted by Crippen LogP contribution is 2.28. The summed E-state index contributed by atoms with van der Waals surface area (Å²) in [6.45, 7) is 4.34. The molecule has 0 aliphatic heterocycles. The molecule has 2 aromatic rings. The molecule has 0 heterocycles. The minimum Gasteiger partial charge on any atom is -0.495 e. The number of hydrogen-bond donors (Lipinski definition) is 0. The fraction of sp³-hybridized carbons (Fsp3) is 0.235. The molecule has 21 heavy (non-hydrogen) atoms. The lowest BCUT2D eigenvalue weighted by molar-refractivity contribution is 0.301. The first-order valence-corrected chi connectivity index (χ1v) is 6.89. The molecule has 0 N–H and O–H groups in total. The molecule has 0 saturated heterocycles. The van der Waals surface area contributed by atoms with Gasteiger partial charge >= 0.3 is 0 Å². The maximum Gasteiger partial charge on any atom is 0.137 e. The van der Waals surface area contributed by atoms with E-state index in [0.717, 1.165) is 22.4 Å². The molecule has 2 rings (SSSR count). The van der Waals surface area contributed by atoms with Crippen LogP contribution in [0.2, 0.25) is 5.02 Å². The van der Waals surface area contributed by atoms with E-state index in [1.807, 2.05) is 38.1 Å². The smallest absolute Gasteiger partial charge is 0.137 e. The van der Waals surface area contributed by atoms with Gasteiger partial charge in [-0.05, 0) is 54.8 Å². The Morgan fingerprint density at radius 1 is 1.14 bits per heavy atom. The molecule has 0 atom stereocenters. The molecule has 3 nitrogen and oxygen atoms in total. The number of methoxy groups -OCH3 is 1. The maximum absolute atomic E-state index is 8.97. The zero-order valence-corrected chi connectivity index (χ0v) is 13.0. The molecular weight excluding hydrogens is 286 g/mol. The van der Waals surface area contributed by atoms with Crippen LogP contribution in [0.1, 0.15) is 22.3 Å². The van der Waals surface area contributed by atoms with Crippen LogP contribution in [0.15, 0.2) is 30.3 Å². The number of benzene rings is 2. The van der Waals surface area contributed by atoms with Crippen molar-refractivity contribution >= 4 is 11.6 Å². The van der Waals surface area contributed by atoms with Crippen LogP contribution in [0.5, 0.6) is 11.5 Å². The molecule has 0 aliphatic rings. The van der Waals surface area contributed by atoms with Crippen molar-refractivity contribution < 1.29 is 9.47 Å². The van der Waals surface area contributed by atoms with Gasteiger partial charge in [-0.25, -0.2) is 0 Å². The third-order valence-electron chi connectivity index (χ3n) is 3.19. The van der Waals surface area contributed by atoms with Crippen molar-refractivity contribution in [1.82, 2.24) is 0 Å². The van der Waals surface area contributed by atoms with E-state index in [1.54, 1.807) is 13.2 Å². The molecule has 0 fully saturated rings. The number of nitriles is 1. The van der Waals surface area contributed by atoms with Crippen molar-refractivity contribution in [3.8, 4) is 17.6 Å². The van der Waals surface area contributed by atoms with Crippen LogP contribution < -0.4 is 9.47 Å². The SMILES string of the molecule is COc1cc(COc2c(C)cc(Cl)cc2C)ccc1C#N. The maximum atomic E-state index is 8.97. The third kappa shape index (κ3) is 3.48. The highest BCUT2D eigenvalue weighted by Gasteiger charge is 2.08. The second kappa shape index (κ2) is 6.51. The number of rotatable bonds is 4. The first-order chi connectivity index (χ1) is 10.0. The summed E-state index contributed by atoms with van der Waals surface area (Å²) >= 11 is 6.01. The lowest BCUT2D eigenvalue weighted by atomic mass is 10.1. The summed E-state index contributed by atoms with van der Waals surface area (Å²) in [6, 6.07) is 11.3. The molecular formula is C17H16ClNO2. The molecule has 0 spiro atoms. The van der Waals surface area contributed by atoms with E-state index in [2.05, 4.69) is 6.07 Å². The van der Waals surface area contributed by atoms with Crippen molar-refractivity contribution in [3.05, 3.63) is 57.6 Å². The highest BCUT2D eigenvalue weighted by molar-refractivity contribution is 6.30. The predicted molar refractivity (Wildman–Crippen MR) is 83.0 cm³/mol. The predicted octanol–water partition coefficient (Wildman–Crippen LogP) is 4.42. The van der Waals surface area contributed by atoms with Crippen LogP contribution in [0.4, 0.5) is 0 Å². The Kier molecular flexibility index (Phi) is 4.72. The van der Waals surface area contributed by atoms with Gasteiger partial charge in [0, 0.05) is 5.02 Å². The van der Waals surface area contributed by atoms with E-state index in [4.69, 9.17) is 26.3 Å². The van der Waals surface area contributed by atoms with Gasteiger partial charge < -0.3 is 9.47 Å². The summed E-state index contributed by atoms with van der Waals surface area (Å²) < 4.78 is 11.1. The summed E-state index contributed by atoms with van der Waals surface area (Å²) in [6.07, 6.45) is 0. The fourth-order valence-electron chi connectivity index (χ4n) is 2.20. The van der Waals surface area contributed by atoms with E-state index in [0.29, 0.717) is 22.9 Å². The number of ether oxygens (including phenoxy) is 2. The topological polar surface area (TPSA) is 42.2 Å². The van der Waals surface area contributed by atoms with Crippen LogP contribution in [0, 0.1) is 25.2 Å². The summed E-state index contributed by atoms with van der Waals surface area (Å²) in [5.41, 5.74) is 3.46. The van der Waals surface area contributed by atoms with Crippen LogP contribution in [-0.4, -0.2) is 7.11 Å². The Balaban J connectivity index is 2.19. The quantitative estimate of drug-likeness (QED) is 0.839. The summed E-state index contributed by atoms with van der Waals surface area (Å²) in [5.74, 6) is 1.39. The first kappa shape index (κ1) is 15.2. The molecule has 0 radical (unpaired) electrons.